The van der Waals surface area contributed by atoms with Gasteiger partial charge in [-0.1, -0.05) is 18.2 Å². The molecule has 0 radical (unpaired) electrons. The third-order valence-electron chi connectivity index (χ3n) is 3.66. The maximum Gasteiger partial charge on any atom is 0.351 e. The monoisotopic (exact) mass is 363 g/mol. The molecule has 3 rings (SSSR count). The van der Waals surface area contributed by atoms with Crippen LogP contribution in [0.2, 0.25) is 0 Å². The molecule has 1 amide bonds. The van der Waals surface area contributed by atoms with Gasteiger partial charge in [0.1, 0.15) is 12.4 Å². The number of para-hydroxylation sites is 1. The van der Waals surface area contributed by atoms with Crippen LogP contribution in [0.15, 0.2) is 35.1 Å². The average molecular weight is 363 g/mol. The molecule has 1 atom stereocenters. The topological polar surface area (TPSA) is 105 Å². The summed E-state index contributed by atoms with van der Waals surface area (Å²) < 4.78 is 2.69. The van der Waals surface area contributed by atoms with Crippen LogP contribution in [0.1, 0.15) is 5.82 Å². The summed E-state index contributed by atoms with van der Waals surface area (Å²) in [7, 11) is 0. The highest BCUT2D eigenvalue weighted by molar-refractivity contribution is 7.99. The van der Waals surface area contributed by atoms with Gasteiger partial charge in [-0.25, -0.2) is 24.9 Å². The van der Waals surface area contributed by atoms with E-state index >= 15 is 0 Å². The lowest BCUT2D eigenvalue weighted by Gasteiger charge is -2.08. The first-order chi connectivity index (χ1) is 12.1. The smallest absolute Gasteiger partial charge is 0.351 e. The zero-order chi connectivity index (χ0) is 17.6. The van der Waals surface area contributed by atoms with E-state index in [2.05, 4.69) is 26.8 Å². The Morgan fingerprint density at radius 3 is 2.92 bits per heavy atom. The van der Waals surface area contributed by atoms with Crippen LogP contribution >= 0.6 is 11.8 Å². The van der Waals surface area contributed by atoms with Crippen molar-refractivity contribution in [1.29, 1.82) is 0 Å². The number of rotatable bonds is 7. The molecule has 1 fully saturated rings. The molecule has 2 aromatic rings. The van der Waals surface area contributed by atoms with E-state index in [1.54, 1.807) is 18.7 Å². The van der Waals surface area contributed by atoms with E-state index in [1.807, 2.05) is 30.3 Å². The Balaban J connectivity index is 1.54. The summed E-state index contributed by atoms with van der Waals surface area (Å²) >= 11 is 1.70. The van der Waals surface area contributed by atoms with E-state index in [1.165, 1.54) is 9.25 Å². The van der Waals surface area contributed by atoms with Crippen LogP contribution in [0.25, 0.3) is 5.69 Å². The highest BCUT2D eigenvalue weighted by Gasteiger charge is 2.15. The minimum Gasteiger partial charge on any atom is -0.354 e. The van der Waals surface area contributed by atoms with Crippen molar-refractivity contribution < 1.29 is 4.79 Å². The minimum atomic E-state index is -0.319. The molecule has 0 saturated carbocycles. The quantitative estimate of drug-likeness (QED) is 0.474. The van der Waals surface area contributed by atoms with E-state index in [9.17, 15) is 9.59 Å². The second-order valence-electron chi connectivity index (χ2n) is 5.52. The summed E-state index contributed by atoms with van der Waals surface area (Å²) in [5.74, 6) is 1.10. The Kier molecular flexibility index (Phi) is 5.87. The third kappa shape index (κ3) is 4.48. The van der Waals surface area contributed by atoms with E-state index in [0.717, 1.165) is 18.0 Å². The highest BCUT2D eigenvalue weighted by atomic mass is 32.2. The summed E-state index contributed by atoms with van der Waals surface area (Å²) in [6, 6.07) is 9.25. The van der Waals surface area contributed by atoms with Gasteiger partial charge in [0.05, 0.1) is 11.1 Å². The predicted octanol–water partition coefficient (Wildman–Crippen LogP) is -0.870. The zero-order valence-corrected chi connectivity index (χ0v) is 14.7. The average Bonchev–Trinajstić information content (AvgIpc) is 3.21. The van der Waals surface area contributed by atoms with E-state index in [4.69, 9.17) is 0 Å². The number of carbonyl (C=O) groups is 1. The van der Waals surface area contributed by atoms with Gasteiger partial charge in [0.15, 0.2) is 0 Å². The van der Waals surface area contributed by atoms with Crippen molar-refractivity contribution in [3.8, 4) is 5.69 Å². The van der Waals surface area contributed by atoms with Crippen LogP contribution in [0.4, 0.5) is 0 Å². The van der Waals surface area contributed by atoms with Crippen molar-refractivity contribution in [1.82, 2.24) is 36.1 Å². The van der Waals surface area contributed by atoms with Gasteiger partial charge in [0.25, 0.3) is 0 Å². The molecule has 1 aliphatic heterocycles. The lowest BCUT2D eigenvalue weighted by molar-refractivity contribution is -0.121. The number of hydrogen-bond donors (Lipinski definition) is 4. The molecule has 25 heavy (non-hydrogen) atoms. The predicted molar refractivity (Wildman–Crippen MR) is 96.1 cm³/mol. The van der Waals surface area contributed by atoms with Crippen LogP contribution < -0.4 is 27.4 Å². The third-order valence-corrected chi connectivity index (χ3v) is 4.79. The molecule has 1 unspecified atom stereocenters. The SMILES string of the molecule is Cc1nn(CC(=O)NCCSC2CNNN2)c(=O)n1-c1ccccc1. The molecule has 1 aromatic carbocycles. The summed E-state index contributed by atoms with van der Waals surface area (Å²) in [5.41, 5.74) is 9.25. The zero-order valence-electron chi connectivity index (χ0n) is 13.9. The molecule has 2 heterocycles. The van der Waals surface area contributed by atoms with Crippen molar-refractivity contribution in [3.05, 3.63) is 46.6 Å². The number of hydrogen-bond acceptors (Lipinski definition) is 7. The maximum atomic E-state index is 12.5. The lowest BCUT2D eigenvalue weighted by atomic mass is 10.3. The highest BCUT2D eigenvalue weighted by Crippen LogP contribution is 2.07. The van der Waals surface area contributed by atoms with Crippen molar-refractivity contribution in [2.45, 2.75) is 18.8 Å². The van der Waals surface area contributed by atoms with Crippen molar-refractivity contribution in [3.63, 3.8) is 0 Å². The Labute approximate surface area is 149 Å². The van der Waals surface area contributed by atoms with Gasteiger partial charge in [0.2, 0.25) is 5.91 Å². The summed E-state index contributed by atoms with van der Waals surface area (Å²) in [4.78, 5) is 24.5. The Bertz CT molecular complexity index is 768. The first-order valence-corrected chi connectivity index (χ1v) is 9.03. The molecular weight excluding hydrogens is 342 g/mol. The van der Waals surface area contributed by atoms with Gasteiger partial charge < -0.3 is 5.32 Å². The molecule has 1 saturated heterocycles. The van der Waals surface area contributed by atoms with E-state index < -0.39 is 0 Å². The van der Waals surface area contributed by atoms with Gasteiger partial charge in [0, 0.05) is 18.8 Å². The van der Waals surface area contributed by atoms with Crippen molar-refractivity contribution in [2.24, 2.45) is 0 Å². The second kappa shape index (κ2) is 8.30. The van der Waals surface area contributed by atoms with Crippen molar-refractivity contribution in [2.75, 3.05) is 18.8 Å². The largest absolute Gasteiger partial charge is 0.354 e. The van der Waals surface area contributed by atoms with Gasteiger partial charge in [-0.2, -0.15) is 10.6 Å². The number of carbonyl (C=O) groups excluding carboxylic acids is 1. The summed E-state index contributed by atoms with van der Waals surface area (Å²) in [6.45, 7) is 3.02. The van der Waals surface area contributed by atoms with Crippen LogP contribution in [-0.4, -0.2) is 44.5 Å². The first kappa shape index (κ1) is 17.7. The Morgan fingerprint density at radius 1 is 1.40 bits per heavy atom. The standard InChI is InChI=1S/C15H21N7O2S/c1-11-19-21(15(24)22(11)12-5-3-2-4-6-12)10-13(23)16-7-8-25-14-9-17-20-18-14/h2-6,14,17-18,20H,7-10H2,1H3,(H,16,23). The molecule has 9 nitrogen and oxygen atoms in total. The maximum absolute atomic E-state index is 12.5. The molecule has 134 valence electrons. The number of aryl methyl sites for hydroxylation is 1. The Hall–Kier alpha value is -2.14. The molecule has 0 bridgehead atoms. The number of aromatic nitrogens is 3. The molecule has 1 aliphatic rings. The minimum absolute atomic E-state index is 0.0883. The van der Waals surface area contributed by atoms with E-state index in [0.29, 0.717) is 12.4 Å². The van der Waals surface area contributed by atoms with E-state index in [-0.39, 0.29) is 23.5 Å². The number of nitrogens with one attached hydrogen (secondary N) is 4. The van der Waals surface area contributed by atoms with Crippen molar-refractivity contribution >= 4 is 17.7 Å². The second-order valence-corrected chi connectivity index (χ2v) is 6.83. The lowest BCUT2D eigenvalue weighted by Crippen LogP contribution is -2.35. The summed E-state index contributed by atoms with van der Waals surface area (Å²) in [5, 5.41) is 7.29. The fourth-order valence-electron chi connectivity index (χ4n) is 2.50. The fourth-order valence-corrected chi connectivity index (χ4v) is 3.35. The number of nitrogens with zero attached hydrogens (tertiary/aromatic N) is 3. The van der Waals surface area contributed by atoms with Gasteiger partial charge in [-0.15, -0.1) is 11.8 Å². The molecule has 4 N–H and O–H groups in total. The Morgan fingerprint density at radius 2 is 2.20 bits per heavy atom. The van der Waals surface area contributed by atoms with Crippen LogP contribution in [0.3, 0.4) is 0 Å². The van der Waals surface area contributed by atoms with Crippen LogP contribution in [-0.2, 0) is 11.3 Å². The molecule has 0 spiro atoms. The number of thioether (sulfide) groups is 1. The number of hydrazine groups is 2. The first-order valence-electron chi connectivity index (χ1n) is 7.99. The number of amides is 1. The summed E-state index contributed by atoms with van der Waals surface area (Å²) in [6.07, 6.45) is 0. The van der Waals surface area contributed by atoms with Gasteiger partial charge >= 0.3 is 5.69 Å². The molecule has 10 heteroatoms. The van der Waals surface area contributed by atoms with Gasteiger partial charge in [-0.05, 0) is 19.1 Å². The molecule has 0 aliphatic carbocycles. The van der Waals surface area contributed by atoms with Gasteiger partial charge in [-0.3, -0.25) is 4.79 Å². The molecule has 1 aromatic heterocycles. The van der Waals surface area contributed by atoms with Crippen LogP contribution in [0.5, 0.6) is 0 Å². The number of benzene rings is 1. The normalized spacial score (nSPS) is 16.9. The van der Waals surface area contributed by atoms with Crippen LogP contribution in [0, 0.1) is 6.92 Å². The fraction of sp³-hybridized carbons (Fsp3) is 0.400. The molecular formula is C15H21N7O2S.